The first-order valence-corrected chi connectivity index (χ1v) is 9.80. The summed E-state index contributed by atoms with van der Waals surface area (Å²) < 4.78 is 10.7. The molecule has 7 nitrogen and oxygen atoms in total. The Hall–Kier alpha value is -2.45. The first-order chi connectivity index (χ1) is 14.4. The SMILES string of the molecule is CC(CO)(C(=O)C(C)(CO)c1ccc(OCCO)cc1)c1ccc(OCCO)cc1. The molecule has 2 unspecified atom stereocenters. The minimum Gasteiger partial charge on any atom is -0.491 e. The molecule has 0 bridgehead atoms. The summed E-state index contributed by atoms with van der Waals surface area (Å²) in [5, 5.41) is 38.0. The maximum absolute atomic E-state index is 13.6. The maximum Gasteiger partial charge on any atom is 0.157 e. The number of benzene rings is 2. The smallest absolute Gasteiger partial charge is 0.157 e. The van der Waals surface area contributed by atoms with E-state index in [0.717, 1.165) is 0 Å². The zero-order valence-corrected chi connectivity index (χ0v) is 17.4. The summed E-state index contributed by atoms with van der Waals surface area (Å²) in [6, 6.07) is 13.5. The number of aliphatic hydroxyl groups is 4. The van der Waals surface area contributed by atoms with E-state index in [9.17, 15) is 15.0 Å². The van der Waals surface area contributed by atoms with E-state index in [1.54, 1.807) is 62.4 Å². The van der Waals surface area contributed by atoms with Crippen LogP contribution in [0.3, 0.4) is 0 Å². The van der Waals surface area contributed by atoms with E-state index >= 15 is 0 Å². The predicted octanol–water partition coefficient (Wildman–Crippen LogP) is 1.20. The molecular formula is C23H30O7. The lowest BCUT2D eigenvalue weighted by molar-refractivity contribution is -0.132. The van der Waals surface area contributed by atoms with Crippen molar-refractivity contribution in [1.82, 2.24) is 0 Å². The molecule has 30 heavy (non-hydrogen) atoms. The van der Waals surface area contributed by atoms with Gasteiger partial charge in [0.25, 0.3) is 0 Å². The Morgan fingerprint density at radius 1 is 0.700 bits per heavy atom. The number of carbonyl (C=O) groups excluding carboxylic acids is 1. The van der Waals surface area contributed by atoms with Gasteiger partial charge >= 0.3 is 0 Å². The largest absolute Gasteiger partial charge is 0.491 e. The van der Waals surface area contributed by atoms with Gasteiger partial charge in [-0.25, -0.2) is 0 Å². The van der Waals surface area contributed by atoms with Gasteiger partial charge in [0.2, 0.25) is 0 Å². The highest BCUT2D eigenvalue weighted by Gasteiger charge is 2.46. The van der Waals surface area contributed by atoms with Gasteiger partial charge in [-0.05, 0) is 49.2 Å². The van der Waals surface area contributed by atoms with E-state index < -0.39 is 24.0 Å². The highest BCUT2D eigenvalue weighted by Crippen LogP contribution is 2.37. The molecule has 2 aromatic rings. The van der Waals surface area contributed by atoms with Crippen LogP contribution in [-0.4, -0.2) is 65.9 Å². The van der Waals surface area contributed by atoms with E-state index in [0.29, 0.717) is 22.6 Å². The standard InChI is InChI=1S/C23H30O7/c1-22(15-26,17-3-7-19(8-4-17)29-13-11-24)21(28)23(2,16-27)18-5-9-20(10-6-18)30-14-12-25/h3-10,24-27H,11-16H2,1-2H3. The van der Waals surface area contributed by atoms with Crippen LogP contribution in [0.15, 0.2) is 48.5 Å². The van der Waals surface area contributed by atoms with E-state index in [4.69, 9.17) is 19.7 Å². The van der Waals surface area contributed by atoms with E-state index in [-0.39, 0.29) is 32.2 Å². The third-order valence-electron chi connectivity index (χ3n) is 5.34. The van der Waals surface area contributed by atoms with Gasteiger partial charge in [0.15, 0.2) is 5.78 Å². The number of carbonyl (C=O) groups is 1. The number of aliphatic hydroxyl groups excluding tert-OH is 4. The Labute approximate surface area is 176 Å². The Bertz CT molecular complexity index is 736. The predicted molar refractivity (Wildman–Crippen MR) is 112 cm³/mol. The van der Waals surface area contributed by atoms with Gasteiger partial charge in [0.1, 0.15) is 24.7 Å². The number of hydrogen-bond acceptors (Lipinski definition) is 7. The van der Waals surface area contributed by atoms with E-state index in [1.165, 1.54) is 0 Å². The summed E-state index contributed by atoms with van der Waals surface area (Å²) in [5.74, 6) is 0.765. The lowest BCUT2D eigenvalue weighted by atomic mass is 9.66. The van der Waals surface area contributed by atoms with Crippen LogP contribution in [0.1, 0.15) is 25.0 Å². The number of hydrogen-bond donors (Lipinski definition) is 4. The van der Waals surface area contributed by atoms with Crippen molar-refractivity contribution in [1.29, 1.82) is 0 Å². The van der Waals surface area contributed by atoms with Crippen molar-refractivity contribution in [2.45, 2.75) is 24.7 Å². The van der Waals surface area contributed by atoms with Crippen molar-refractivity contribution in [3.8, 4) is 11.5 Å². The molecule has 2 rings (SSSR count). The van der Waals surface area contributed by atoms with Gasteiger partial charge in [-0.15, -0.1) is 0 Å². The summed E-state index contributed by atoms with van der Waals surface area (Å²) in [4.78, 5) is 13.6. The summed E-state index contributed by atoms with van der Waals surface area (Å²) >= 11 is 0. The third kappa shape index (κ3) is 4.99. The van der Waals surface area contributed by atoms with Crippen molar-refractivity contribution in [2.75, 3.05) is 39.6 Å². The summed E-state index contributed by atoms with van der Waals surface area (Å²) in [6.07, 6.45) is 0. The Morgan fingerprint density at radius 3 is 1.30 bits per heavy atom. The lowest BCUT2D eigenvalue weighted by Crippen LogP contribution is -2.50. The van der Waals surface area contributed by atoms with Crippen molar-refractivity contribution >= 4 is 5.78 Å². The number of rotatable bonds is 12. The number of ketones is 1. The summed E-state index contributed by atoms with van der Waals surface area (Å²) in [7, 11) is 0. The van der Waals surface area contributed by atoms with Crippen molar-refractivity contribution in [3.05, 3.63) is 59.7 Å². The monoisotopic (exact) mass is 418 g/mol. The van der Waals surface area contributed by atoms with Gasteiger partial charge < -0.3 is 29.9 Å². The Morgan fingerprint density at radius 2 is 1.03 bits per heavy atom. The molecule has 0 heterocycles. The fourth-order valence-corrected chi connectivity index (χ4v) is 3.36. The molecule has 2 atom stereocenters. The molecule has 0 fully saturated rings. The van der Waals surface area contributed by atoms with Crippen LogP contribution in [-0.2, 0) is 15.6 Å². The third-order valence-corrected chi connectivity index (χ3v) is 5.34. The normalized spacial score (nSPS) is 15.1. The summed E-state index contributed by atoms with van der Waals surface area (Å²) in [6.45, 7) is 2.54. The fourth-order valence-electron chi connectivity index (χ4n) is 3.36. The average Bonchev–Trinajstić information content (AvgIpc) is 2.80. The molecule has 0 spiro atoms. The van der Waals surface area contributed by atoms with Crippen molar-refractivity contribution in [2.24, 2.45) is 0 Å². The lowest BCUT2D eigenvalue weighted by Gasteiger charge is -2.37. The molecule has 0 radical (unpaired) electrons. The topological polar surface area (TPSA) is 116 Å². The minimum absolute atomic E-state index is 0.104. The van der Waals surface area contributed by atoms with Crippen LogP contribution < -0.4 is 9.47 Å². The average molecular weight is 418 g/mol. The molecule has 0 saturated heterocycles. The second kappa shape index (κ2) is 10.5. The van der Waals surface area contributed by atoms with Gasteiger partial charge in [0, 0.05) is 0 Å². The second-order valence-electron chi connectivity index (χ2n) is 7.50. The van der Waals surface area contributed by atoms with Crippen molar-refractivity contribution in [3.63, 3.8) is 0 Å². The van der Waals surface area contributed by atoms with Gasteiger partial charge in [0.05, 0.1) is 37.3 Å². The molecule has 0 aliphatic rings. The number of ether oxygens (including phenoxy) is 2. The first-order valence-electron chi connectivity index (χ1n) is 9.80. The second-order valence-corrected chi connectivity index (χ2v) is 7.50. The Balaban J connectivity index is 2.33. The van der Waals surface area contributed by atoms with Gasteiger partial charge in [-0.1, -0.05) is 24.3 Å². The van der Waals surface area contributed by atoms with Crippen LogP contribution in [0.5, 0.6) is 11.5 Å². The molecule has 0 aliphatic carbocycles. The molecule has 0 amide bonds. The van der Waals surface area contributed by atoms with Crippen LogP contribution in [0.25, 0.3) is 0 Å². The molecule has 0 aliphatic heterocycles. The highest BCUT2D eigenvalue weighted by atomic mass is 16.5. The zero-order valence-electron chi connectivity index (χ0n) is 17.4. The molecule has 164 valence electrons. The minimum atomic E-state index is -1.25. The molecule has 7 heteroatoms. The first kappa shape index (κ1) is 23.8. The van der Waals surface area contributed by atoms with Gasteiger partial charge in [-0.2, -0.15) is 0 Å². The zero-order chi connectivity index (χ0) is 22.2. The molecule has 0 aromatic heterocycles. The fraction of sp³-hybridized carbons (Fsp3) is 0.435. The molecular weight excluding hydrogens is 388 g/mol. The quantitative estimate of drug-likeness (QED) is 0.409. The van der Waals surface area contributed by atoms with Crippen LogP contribution in [0.2, 0.25) is 0 Å². The van der Waals surface area contributed by atoms with Crippen LogP contribution >= 0.6 is 0 Å². The molecule has 0 saturated carbocycles. The van der Waals surface area contributed by atoms with Crippen LogP contribution in [0.4, 0.5) is 0 Å². The Kier molecular flexibility index (Phi) is 8.37. The van der Waals surface area contributed by atoms with Crippen molar-refractivity contribution < 1.29 is 34.7 Å². The highest BCUT2D eigenvalue weighted by molar-refractivity contribution is 5.98. The van der Waals surface area contributed by atoms with E-state index in [2.05, 4.69) is 0 Å². The van der Waals surface area contributed by atoms with Crippen LogP contribution in [0, 0.1) is 0 Å². The molecule has 4 N–H and O–H groups in total. The van der Waals surface area contributed by atoms with Gasteiger partial charge in [-0.3, -0.25) is 4.79 Å². The molecule has 2 aromatic carbocycles. The van der Waals surface area contributed by atoms with E-state index in [1.807, 2.05) is 0 Å². The number of Topliss-reactive ketones (excluding diaryl/α,β-unsaturated/α-hetero) is 1. The summed E-state index contributed by atoms with van der Waals surface area (Å²) in [5.41, 5.74) is -1.32. The maximum atomic E-state index is 13.6.